The minimum Gasteiger partial charge on any atom is -0.478 e. The second-order valence-corrected chi connectivity index (χ2v) is 6.42. The predicted octanol–water partition coefficient (Wildman–Crippen LogP) is 0.911. The summed E-state index contributed by atoms with van der Waals surface area (Å²) in [7, 11) is 0. The summed E-state index contributed by atoms with van der Waals surface area (Å²) in [5.41, 5.74) is -1.49. The van der Waals surface area contributed by atoms with Crippen molar-refractivity contribution in [3.63, 3.8) is 0 Å². The molecule has 0 amide bonds. The van der Waals surface area contributed by atoms with Gasteiger partial charge in [0.2, 0.25) is 0 Å². The van der Waals surface area contributed by atoms with Crippen molar-refractivity contribution in [2.75, 3.05) is 19.8 Å². The first kappa shape index (κ1) is 24.8. The van der Waals surface area contributed by atoms with Gasteiger partial charge in [-0.25, -0.2) is 14.4 Å². The van der Waals surface area contributed by atoms with Gasteiger partial charge in [-0.1, -0.05) is 19.1 Å². The van der Waals surface area contributed by atoms with Crippen LogP contribution in [0.15, 0.2) is 36.4 Å². The second kappa shape index (κ2) is 11.7. The van der Waals surface area contributed by atoms with Crippen LogP contribution in [0, 0.1) is 5.41 Å². The summed E-state index contributed by atoms with van der Waals surface area (Å²) in [6, 6.07) is 5.55. The van der Waals surface area contributed by atoms with Crippen molar-refractivity contribution in [1.29, 1.82) is 0 Å². The summed E-state index contributed by atoms with van der Waals surface area (Å²) >= 11 is 0. The molecule has 0 aliphatic heterocycles. The molecular weight excluding hydrogens is 400 g/mol. The fourth-order valence-electron chi connectivity index (χ4n) is 2.12. The third kappa shape index (κ3) is 7.64. The van der Waals surface area contributed by atoms with Gasteiger partial charge in [-0.2, -0.15) is 0 Å². The Morgan fingerprint density at radius 1 is 1.03 bits per heavy atom. The van der Waals surface area contributed by atoms with Crippen LogP contribution in [0.5, 0.6) is 0 Å². The Kier molecular flexibility index (Phi) is 9.66. The molecule has 0 fully saturated rings. The third-order valence-electron chi connectivity index (χ3n) is 4.14. The molecule has 30 heavy (non-hydrogen) atoms. The summed E-state index contributed by atoms with van der Waals surface area (Å²) in [4.78, 5) is 47.0. The monoisotopic (exact) mass is 424 g/mol. The maximum absolute atomic E-state index is 12.3. The Balaban J connectivity index is 2.53. The van der Waals surface area contributed by atoms with Crippen LogP contribution >= 0.6 is 0 Å². The standard InChI is InChI=1S/C20H24O10/c1-3-20(2,12-30-16(23)9-8-15(21)22)19(27)29-11-10-28-18(26)14-7-5-4-6-13(14)17(24)25/h4-9,15,21-22H,3,10-12H2,1-2H3,(H,24,25)/b9-8+. The van der Waals surface area contributed by atoms with Crippen LogP contribution in [0.4, 0.5) is 0 Å². The molecule has 0 spiro atoms. The molecule has 164 valence electrons. The lowest BCUT2D eigenvalue weighted by molar-refractivity contribution is -0.162. The SMILES string of the molecule is CCC(C)(COC(=O)/C=C/C(O)O)C(=O)OCCOC(=O)c1ccccc1C(=O)O. The molecule has 1 aromatic carbocycles. The van der Waals surface area contributed by atoms with E-state index in [4.69, 9.17) is 29.5 Å². The van der Waals surface area contributed by atoms with E-state index < -0.39 is 35.6 Å². The van der Waals surface area contributed by atoms with Gasteiger partial charge in [0.1, 0.15) is 19.8 Å². The molecule has 0 aliphatic carbocycles. The van der Waals surface area contributed by atoms with E-state index in [0.29, 0.717) is 0 Å². The number of hydrogen-bond acceptors (Lipinski definition) is 9. The number of carboxylic acids is 1. The van der Waals surface area contributed by atoms with Crippen molar-refractivity contribution < 1.29 is 48.7 Å². The first-order chi connectivity index (χ1) is 14.1. The first-order valence-corrected chi connectivity index (χ1v) is 8.98. The number of aromatic carboxylic acids is 1. The molecule has 1 rings (SSSR count). The number of esters is 3. The zero-order chi connectivity index (χ0) is 22.7. The van der Waals surface area contributed by atoms with E-state index in [1.54, 1.807) is 6.92 Å². The fraction of sp³-hybridized carbons (Fsp3) is 0.400. The van der Waals surface area contributed by atoms with E-state index in [9.17, 15) is 19.2 Å². The van der Waals surface area contributed by atoms with Crippen molar-refractivity contribution in [1.82, 2.24) is 0 Å². The van der Waals surface area contributed by atoms with Crippen molar-refractivity contribution >= 4 is 23.9 Å². The number of carbonyl (C=O) groups excluding carboxylic acids is 3. The Morgan fingerprint density at radius 3 is 2.20 bits per heavy atom. The smallest absolute Gasteiger partial charge is 0.339 e. The lowest BCUT2D eigenvalue weighted by Crippen LogP contribution is -2.35. The van der Waals surface area contributed by atoms with Crippen LogP contribution in [0.3, 0.4) is 0 Å². The van der Waals surface area contributed by atoms with Crippen molar-refractivity contribution in [2.45, 2.75) is 26.6 Å². The Bertz CT molecular complexity index is 799. The molecule has 0 saturated heterocycles. The highest BCUT2D eigenvalue weighted by Crippen LogP contribution is 2.23. The molecule has 10 nitrogen and oxygen atoms in total. The van der Waals surface area contributed by atoms with Crippen LogP contribution in [0.1, 0.15) is 41.0 Å². The molecule has 1 aromatic rings. The van der Waals surface area contributed by atoms with E-state index in [2.05, 4.69) is 0 Å². The van der Waals surface area contributed by atoms with Gasteiger partial charge < -0.3 is 29.5 Å². The number of hydrogen-bond donors (Lipinski definition) is 3. The van der Waals surface area contributed by atoms with Gasteiger partial charge in [0, 0.05) is 6.08 Å². The summed E-state index contributed by atoms with van der Waals surface area (Å²) in [6.07, 6.45) is 0.101. The van der Waals surface area contributed by atoms with Crippen LogP contribution in [-0.2, 0) is 23.8 Å². The second-order valence-electron chi connectivity index (χ2n) is 6.42. The van der Waals surface area contributed by atoms with E-state index in [0.717, 1.165) is 12.2 Å². The summed E-state index contributed by atoms with van der Waals surface area (Å²) in [6.45, 7) is 2.32. The molecule has 1 atom stereocenters. The van der Waals surface area contributed by atoms with Gasteiger partial charge >= 0.3 is 23.9 Å². The molecule has 0 radical (unpaired) electrons. The molecule has 10 heteroatoms. The van der Waals surface area contributed by atoms with Gasteiger partial charge in [-0.15, -0.1) is 0 Å². The number of aliphatic hydroxyl groups excluding tert-OH is 1. The van der Waals surface area contributed by atoms with Gasteiger partial charge in [0.05, 0.1) is 16.5 Å². The number of carboxylic acid groups (broad SMARTS) is 1. The lowest BCUT2D eigenvalue weighted by Gasteiger charge is -2.25. The largest absolute Gasteiger partial charge is 0.478 e. The van der Waals surface area contributed by atoms with Crippen molar-refractivity contribution in [3.8, 4) is 0 Å². The van der Waals surface area contributed by atoms with Crippen LogP contribution in [0.2, 0.25) is 0 Å². The van der Waals surface area contributed by atoms with Crippen molar-refractivity contribution in [2.24, 2.45) is 5.41 Å². The molecule has 0 aliphatic rings. The zero-order valence-corrected chi connectivity index (χ0v) is 16.6. The maximum atomic E-state index is 12.3. The minimum absolute atomic E-state index is 0.123. The van der Waals surface area contributed by atoms with Crippen LogP contribution in [0.25, 0.3) is 0 Å². The molecule has 0 saturated carbocycles. The average Bonchev–Trinajstić information content (AvgIpc) is 2.72. The zero-order valence-electron chi connectivity index (χ0n) is 16.6. The van der Waals surface area contributed by atoms with Gasteiger partial charge in [-0.05, 0) is 31.6 Å². The van der Waals surface area contributed by atoms with E-state index in [1.807, 2.05) is 0 Å². The molecule has 0 bridgehead atoms. The van der Waals surface area contributed by atoms with E-state index in [1.165, 1.54) is 31.2 Å². The first-order valence-electron chi connectivity index (χ1n) is 8.98. The van der Waals surface area contributed by atoms with Gasteiger partial charge in [-0.3, -0.25) is 4.79 Å². The number of carbonyl (C=O) groups is 4. The lowest BCUT2D eigenvalue weighted by atomic mass is 9.89. The normalized spacial score (nSPS) is 13.0. The van der Waals surface area contributed by atoms with Gasteiger partial charge in [0.15, 0.2) is 6.29 Å². The Labute approximate surface area is 172 Å². The third-order valence-corrected chi connectivity index (χ3v) is 4.14. The molecule has 1 unspecified atom stereocenters. The number of rotatable bonds is 11. The van der Waals surface area contributed by atoms with Crippen molar-refractivity contribution in [3.05, 3.63) is 47.5 Å². The fourth-order valence-corrected chi connectivity index (χ4v) is 2.12. The van der Waals surface area contributed by atoms with E-state index >= 15 is 0 Å². The predicted molar refractivity (Wildman–Crippen MR) is 101 cm³/mol. The topological polar surface area (TPSA) is 157 Å². The summed E-state index contributed by atoms with van der Waals surface area (Å²) < 4.78 is 14.9. The highest BCUT2D eigenvalue weighted by molar-refractivity contribution is 6.02. The highest BCUT2D eigenvalue weighted by Gasteiger charge is 2.34. The molecular formula is C20H24O10. The highest BCUT2D eigenvalue weighted by atomic mass is 16.6. The Hall–Kier alpha value is -3.24. The number of ether oxygens (including phenoxy) is 3. The van der Waals surface area contributed by atoms with Gasteiger partial charge in [0.25, 0.3) is 0 Å². The molecule has 3 N–H and O–H groups in total. The number of aliphatic hydroxyl groups is 2. The Morgan fingerprint density at radius 2 is 1.63 bits per heavy atom. The minimum atomic E-state index is -1.80. The average molecular weight is 424 g/mol. The summed E-state index contributed by atoms with van der Waals surface area (Å²) in [5.74, 6) is -3.69. The van der Waals surface area contributed by atoms with E-state index in [-0.39, 0.29) is 37.4 Å². The van der Waals surface area contributed by atoms with Crippen LogP contribution in [-0.4, -0.2) is 65.3 Å². The maximum Gasteiger partial charge on any atom is 0.339 e. The van der Waals surface area contributed by atoms with Crippen LogP contribution < -0.4 is 0 Å². The number of benzene rings is 1. The molecule has 0 heterocycles. The summed E-state index contributed by atoms with van der Waals surface area (Å²) in [5, 5.41) is 26.4. The quantitative estimate of drug-likeness (QED) is 0.153. The molecule has 0 aromatic heterocycles.